The molecule has 1 aromatic rings. The summed E-state index contributed by atoms with van der Waals surface area (Å²) in [6, 6.07) is 1.78. The van der Waals surface area contributed by atoms with Crippen LogP contribution in [0.3, 0.4) is 0 Å². The lowest BCUT2D eigenvalue weighted by atomic mass is 10.2. The summed E-state index contributed by atoms with van der Waals surface area (Å²) in [5.74, 6) is 4.18. The van der Waals surface area contributed by atoms with Gasteiger partial charge in [-0.05, 0) is 12.5 Å². The van der Waals surface area contributed by atoms with Gasteiger partial charge in [0.2, 0.25) is 0 Å². The lowest BCUT2D eigenvalue weighted by Crippen LogP contribution is -2.06. The van der Waals surface area contributed by atoms with Crippen molar-refractivity contribution in [1.82, 2.24) is 10.2 Å². The number of nitrogens with zero attached hydrogens (tertiary/aromatic N) is 2. The van der Waals surface area contributed by atoms with Crippen molar-refractivity contribution in [2.75, 3.05) is 0 Å². The van der Waals surface area contributed by atoms with Crippen LogP contribution in [-0.2, 0) is 11.2 Å². The second-order valence-electron chi connectivity index (χ2n) is 2.40. The van der Waals surface area contributed by atoms with Crippen LogP contribution in [0.2, 0.25) is 0 Å². The highest BCUT2D eigenvalue weighted by atomic mass is 16.1. The Morgan fingerprint density at radius 2 is 2.46 bits per heavy atom. The molecular weight excluding hydrogens is 166 g/mol. The predicted molar refractivity (Wildman–Crippen MR) is 47.5 cm³/mol. The summed E-state index contributed by atoms with van der Waals surface area (Å²) in [5.41, 5.74) is 6.36. The van der Waals surface area contributed by atoms with Gasteiger partial charge >= 0.3 is 0 Å². The van der Waals surface area contributed by atoms with Gasteiger partial charge in [0, 0.05) is 11.5 Å². The minimum atomic E-state index is -0.644. The van der Waals surface area contributed by atoms with E-state index in [1.54, 1.807) is 6.07 Å². The number of nitrogens with two attached hydrogens (primary N) is 1. The van der Waals surface area contributed by atoms with Crippen molar-refractivity contribution >= 4 is 5.91 Å². The van der Waals surface area contributed by atoms with Crippen LogP contribution in [0.5, 0.6) is 0 Å². The van der Waals surface area contributed by atoms with E-state index >= 15 is 0 Å². The van der Waals surface area contributed by atoms with Gasteiger partial charge in [0.15, 0.2) is 0 Å². The normalized spacial score (nSPS) is 8.69. The van der Waals surface area contributed by atoms with Crippen LogP contribution in [0.15, 0.2) is 12.3 Å². The lowest BCUT2D eigenvalue weighted by molar-refractivity contribution is -0.112. The summed E-state index contributed by atoms with van der Waals surface area (Å²) in [4.78, 5) is 10.3. The van der Waals surface area contributed by atoms with E-state index in [0.717, 1.165) is 12.1 Å². The molecule has 0 aromatic carbocycles. The first kappa shape index (κ1) is 9.20. The molecule has 0 bridgehead atoms. The number of hydrogen-bond acceptors (Lipinski definition) is 3. The Balaban J connectivity index is 2.91. The summed E-state index contributed by atoms with van der Waals surface area (Å²) in [6.07, 6.45) is 2.29. The topological polar surface area (TPSA) is 68.9 Å². The molecule has 1 aromatic heterocycles. The Morgan fingerprint density at radius 1 is 1.69 bits per heavy atom. The predicted octanol–water partition coefficient (Wildman–Crippen LogP) is -0.124. The second-order valence-corrected chi connectivity index (χ2v) is 2.40. The standard InChI is InChI=1S/C9H9N3O/c1-2-8-5-7(6-11-12-8)3-4-9(10)13/h5-6H,2H2,1H3,(H2,10,13). The van der Waals surface area contributed by atoms with E-state index in [1.807, 2.05) is 6.92 Å². The van der Waals surface area contributed by atoms with E-state index in [1.165, 1.54) is 6.20 Å². The van der Waals surface area contributed by atoms with Crippen molar-refractivity contribution in [1.29, 1.82) is 0 Å². The number of rotatable bonds is 1. The van der Waals surface area contributed by atoms with E-state index < -0.39 is 5.91 Å². The first-order chi connectivity index (χ1) is 6.22. The minimum absolute atomic E-state index is 0.644. The van der Waals surface area contributed by atoms with E-state index in [0.29, 0.717) is 5.56 Å². The number of carbonyl (C=O) groups is 1. The first-order valence-electron chi connectivity index (χ1n) is 3.85. The quantitative estimate of drug-likeness (QED) is 0.605. The third-order valence-corrected chi connectivity index (χ3v) is 1.40. The van der Waals surface area contributed by atoms with Crippen LogP contribution >= 0.6 is 0 Å². The maximum Gasteiger partial charge on any atom is 0.293 e. The van der Waals surface area contributed by atoms with Gasteiger partial charge in [0.05, 0.1) is 11.9 Å². The monoisotopic (exact) mass is 175 g/mol. The molecule has 0 saturated heterocycles. The van der Waals surface area contributed by atoms with Gasteiger partial charge in [-0.3, -0.25) is 4.79 Å². The molecule has 0 radical (unpaired) electrons. The van der Waals surface area contributed by atoms with Crippen LogP contribution in [0.25, 0.3) is 0 Å². The number of hydrogen-bond donors (Lipinski definition) is 1. The van der Waals surface area contributed by atoms with Crippen LogP contribution in [0, 0.1) is 11.8 Å². The molecule has 0 aliphatic rings. The summed E-state index contributed by atoms with van der Waals surface area (Å²) >= 11 is 0. The van der Waals surface area contributed by atoms with Crippen molar-refractivity contribution in [2.24, 2.45) is 5.73 Å². The molecule has 1 rings (SSSR count). The molecule has 2 N–H and O–H groups in total. The SMILES string of the molecule is CCc1cc(C#CC(N)=O)cnn1. The van der Waals surface area contributed by atoms with Crippen LogP contribution in [0.4, 0.5) is 0 Å². The van der Waals surface area contributed by atoms with E-state index in [2.05, 4.69) is 22.0 Å². The zero-order valence-electron chi connectivity index (χ0n) is 7.24. The maximum absolute atomic E-state index is 10.3. The first-order valence-corrected chi connectivity index (χ1v) is 3.85. The summed E-state index contributed by atoms with van der Waals surface area (Å²) in [7, 11) is 0. The molecule has 0 aliphatic carbocycles. The van der Waals surface area contributed by atoms with Gasteiger partial charge in [-0.25, -0.2) is 0 Å². The average Bonchev–Trinajstić information content (AvgIpc) is 2.15. The van der Waals surface area contributed by atoms with Crippen LogP contribution in [0.1, 0.15) is 18.2 Å². The molecule has 0 unspecified atom stereocenters. The van der Waals surface area contributed by atoms with E-state index in [-0.39, 0.29) is 0 Å². The van der Waals surface area contributed by atoms with Crippen molar-refractivity contribution in [3.05, 3.63) is 23.5 Å². The highest BCUT2D eigenvalue weighted by Gasteiger charge is 1.92. The fourth-order valence-corrected chi connectivity index (χ4v) is 0.786. The molecule has 66 valence electrons. The zero-order valence-corrected chi connectivity index (χ0v) is 7.24. The van der Waals surface area contributed by atoms with Crippen LogP contribution in [-0.4, -0.2) is 16.1 Å². The van der Waals surface area contributed by atoms with Gasteiger partial charge in [-0.1, -0.05) is 12.8 Å². The Kier molecular flexibility index (Phi) is 2.98. The molecular formula is C9H9N3O. The molecule has 0 spiro atoms. The molecule has 0 aliphatic heterocycles. The van der Waals surface area contributed by atoms with Gasteiger partial charge in [-0.2, -0.15) is 10.2 Å². The minimum Gasteiger partial charge on any atom is -0.359 e. The fourth-order valence-electron chi connectivity index (χ4n) is 0.786. The number of amides is 1. The number of primary amides is 1. The van der Waals surface area contributed by atoms with Crippen molar-refractivity contribution < 1.29 is 4.79 Å². The number of aromatic nitrogens is 2. The van der Waals surface area contributed by atoms with E-state index in [4.69, 9.17) is 5.73 Å². The molecule has 0 atom stereocenters. The summed E-state index contributed by atoms with van der Waals surface area (Å²) in [6.45, 7) is 1.97. The molecule has 4 nitrogen and oxygen atoms in total. The Labute approximate surface area is 76.2 Å². The number of carbonyl (C=O) groups excluding carboxylic acids is 1. The largest absolute Gasteiger partial charge is 0.359 e. The van der Waals surface area contributed by atoms with E-state index in [9.17, 15) is 4.79 Å². The zero-order chi connectivity index (χ0) is 9.68. The number of aryl methyl sites for hydroxylation is 1. The molecule has 1 heterocycles. The van der Waals surface area contributed by atoms with Gasteiger partial charge < -0.3 is 5.73 Å². The Hall–Kier alpha value is -1.89. The summed E-state index contributed by atoms with van der Waals surface area (Å²) < 4.78 is 0. The van der Waals surface area contributed by atoms with Gasteiger partial charge in [-0.15, -0.1) is 0 Å². The lowest BCUT2D eigenvalue weighted by Gasteiger charge is -1.92. The smallest absolute Gasteiger partial charge is 0.293 e. The highest BCUT2D eigenvalue weighted by Crippen LogP contribution is 1.97. The van der Waals surface area contributed by atoms with Crippen LogP contribution < -0.4 is 5.73 Å². The van der Waals surface area contributed by atoms with Crippen molar-refractivity contribution in [2.45, 2.75) is 13.3 Å². The Morgan fingerprint density at radius 3 is 3.08 bits per heavy atom. The van der Waals surface area contributed by atoms with Crippen molar-refractivity contribution in [3.8, 4) is 11.8 Å². The summed E-state index contributed by atoms with van der Waals surface area (Å²) in [5, 5.41) is 7.58. The maximum atomic E-state index is 10.3. The van der Waals surface area contributed by atoms with Gasteiger partial charge in [0.25, 0.3) is 5.91 Å². The molecule has 13 heavy (non-hydrogen) atoms. The van der Waals surface area contributed by atoms with Gasteiger partial charge in [0.1, 0.15) is 0 Å². The fraction of sp³-hybridized carbons (Fsp3) is 0.222. The van der Waals surface area contributed by atoms with Crippen molar-refractivity contribution in [3.63, 3.8) is 0 Å². The average molecular weight is 175 g/mol. The highest BCUT2D eigenvalue weighted by molar-refractivity contribution is 5.92. The molecule has 4 heteroatoms. The molecule has 0 fully saturated rings. The Bertz CT molecular complexity index is 376. The third-order valence-electron chi connectivity index (χ3n) is 1.40. The molecule has 0 saturated carbocycles. The second kappa shape index (κ2) is 4.21. The molecule has 1 amide bonds. The third kappa shape index (κ3) is 2.91.